The van der Waals surface area contributed by atoms with Crippen LogP contribution in [0, 0.1) is 0 Å². The Labute approximate surface area is 106 Å². The van der Waals surface area contributed by atoms with Crippen molar-refractivity contribution >= 4 is 11.5 Å². The average molecular weight is 247 g/mol. The van der Waals surface area contributed by atoms with E-state index in [4.69, 9.17) is 9.26 Å². The fourth-order valence-corrected chi connectivity index (χ4v) is 2.50. The van der Waals surface area contributed by atoms with Gasteiger partial charge < -0.3 is 9.26 Å². The number of methoxy groups -OCH3 is 1. The van der Waals surface area contributed by atoms with Gasteiger partial charge in [0.05, 0.1) is 7.11 Å². The van der Waals surface area contributed by atoms with E-state index in [1.54, 1.807) is 0 Å². The number of hydrogen-bond acceptors (Lipinski definition) is 4. The number of ether oxygens (including phenoxy) is 1. The van der Waals surface area contributed by atoms with E-state index in [2.05, 4.69) is 11.2 Å². The molecule has 1 saturated carbocycles. The minimum atomic E-state index is -0.320. The first-order valence-electron chi connectivity index (χ1n) is 6.58. The fourth-order valence-electron chi connectivity index (χ4n) is 2.50. The lowest BCUT2D eigenvalue weighted by atomic mass is 9.95. The third kappa shape index (κ3) is 1.96. The first-order valence-corrected chi connectivity index (χ1v) is 6.58. The van der Waals surface area contributed by atoms with Gasteiger partial charge in [-0.25, -0.2) is 4.79 Å². The predicted molar refractivity (Wildman–Crippen MR) is 66.3 cm³/mol. The van der Waals surface area contributed by atoms with Gasteiger partial charge in [-0.2, -0.15) is 0 Å². The van der Waals surface area contributed by atoms with Crippen molar-refractivity contribution in [3.8, 4) is 0 Å². The molecule has 0 aliphatic heterocycles. The first kappa shape index (κ1) is 11.5. The van der Waals surface area contributed by atoms with E-state index < -0.39 is 0 Å². The van der Waals surface area contributed by atoms with Crippen LogP contribution in [-0.2, 0) is 4.74 Å². The molecule has 2 aliphatic rings. The van der Waals surface area contributed by atoms with Crippen LogP contribution in [0.3, 0.4) is 0 Å². The number of aromatic nitrogens is 1. The molecule has 1 heterocycles. The van der Waals surface area contributed by atoms with Gasteiger partial charge in [-0.1, -0.05) is 11.2 Å². The van der Waals surface area contributed by atoms with Crippen LogP contribution in [0.4, 0.5) is 0 Å². The third-order valence-electron chi connectivity index (χ3n) is 3.65. The van der Waals surface area contributed by atoms with Crippen LogP contribution in [0.1, 0.15) is 66.3 Å². The monoisotopic (exact) mass is 247 g/mol. The molecule has 4 heteroatoms. The molecular weight excluding hydrogens is 230 g/mol. The van der Waals surface area contributed by atoms with Gasteiger partial charge >= 0.3 is 5.97 Å². The van der Waals surface area contributed by atoms with E-state index in [1.165, 1.54) is 13.5 Å². The second-order valence-corrected chi connectivity index (χ2v) is 5.01. The molecule has 0 bridgehead atoms. The molecule has 18 heavy (non-hydrogen) atoms. The maximum Gasteiger partial charge on any atom is 0.343 e. The summed E-state index contributed by atoms with van der Waals surface area (Å²) in [6.07, 6.45) is 8.71. The number of carbonyl (C=O) groups is 1. The summed E-state index contributed by atoms with van der Waals surface area (Å²) in [5.74, 6) is 0.712. The van der Waals surface area contributed by atoms with Gasteiger partial charge in [0.1, 0.15) is 11.3 Å². The van der Waals surface area contributed by atoms with Crippen LogP contribution >= 0.6 is 0 Å². The highest BCUT2D eigenvalue weighted by Gasteiger charge is 2.35. The number of rotatable bonds is 3. The largest absolute Gasteiger partial charge is 0.465 e. The molecule has 0 amide bonds. The Bertz CT molecular complexity index is 497. The lowest BCUT2D eigenvalue weighted by Crippen LogP contribution is -2.07. The Morgan fingerprint density at radius 1 is 1.44 bits per heavy atom. The molecule has 1 fully saturated rings. The van der Waals surface area contributed by atoms with E-state index in [-0.39, 0.29) is 5.97 Å². The van der Waals surface area contributed by atoms with Gasteiger partial charge in [-0.15, -0.1) is 0 Å². The lowest BCUT2D eigenvalue weighted by Gasteiger charge is -2.10. The number of esters is 1. The van der Waals surface area contributed by atoms with E-state index in [1.807, 2.05) is 0 Å². The minimum Gasteiger partial charge on any atom is -0.465 e. The number of allylic oxidation sites excluding steroid dienone is 2. The van der Waals surface area contributed by atoms with Crippen LogP contribution in [0.2, 0.25) is 0 Å². The minimum absolute atomic E-state index is 0.320. The Hall–Kier alpha value is -1.58. The first-order chi connectivity index (χ1) is 8.81. The summed E-state index contributed by atoms with van der Waals surface area (Å²) >= 11 is 0. The van der Waals surface area contributed by atoms with Crippen molar-refractivity contribution < 1.29 is 14.1 Å². The maximum atomic E-state index is 11.9. The molecule has 1 aromatic rings. The fraction of sp³-hybridized carbons (Fsp3) is 0.571. The molecule has 0 aromatic carbocycles. The Kier molecular flexibility index (Phi) is 2.94. The molecule has 4 nitrogen and oxygen atoms in total. The van der Waals surface area contributed by atoms with Crippen LogP contribution in [0.5, 0.6) is 0 Å². The van der Waals surface area contributed by atoms with Crippen LogP contribution in [0.15, 0.2) is 10.6 Å². The Morgan fingerprint density at radius 2 is 2.28 bits per heavy atom. The maximum absolute atomic E-state index is 11.9. The average Bonchev–Trinajstić information content (AvgIpc) is 3.17. The Morgan fingerprint density at radius 3 is 2.89 bits per heavy atom. The highest BCUT2D eigenvalue weighted by molar-refractivity contribution is 5.95. The zero-order valence-corrected chi connectivity index (χ0v) is 10.6. The zero-order valence-electron chi connectivity index (χ0n) is 10.6. The van der Waals surface area contributed by atoms with E-state index >= 15 is 0 Å². The highest BCUT2D eigenvalue weighted by atomic mass is 16.5. The standard InChI is InChI=1S/C14H17NO3/c1-17-14(16)11-12(9-7-8-9)15-18-13(11)10-5-3-2-4-6-10/h5,9H,2-4,6-8H2,1H3. The van der Waals surface area contributed by atoms with Gasteiger partial charge in [-0.3, -0.25) is 0 Å². The summed E-state index contributed by atoms with van der Waals surface area (Å²) in [5.41, 5.74) is 2.47. The van der Waals surface area contributed by atoms with Crippen molar-refractivity contribution in [2.45, 2.75) is 44.4 Å². The molecule has 0 atom stereocenters. The van der Waals surface area contributed by atoms with Crippen LogP contribution < -0.4 is 0 Å². The van der Waals surface area contributed by atoms with Crippen molar-refractivity contribution in [1.82, 2.24) is 5.16 Å². The number of carbonyl (C=O) groups excluding carboxylic acids is 1. The second-order valence-electron chi connectivity index (χ2n) is 5.01. The molecule has 0 saturated heterocycles. The molecule has 0 radical (unpaired) electrons. The van der Waals surface area contributed by atoms with Gasteiger partial charge in [0, 0.05) is 5.92 Å². The lowest BCUT2D eigenvalue weighted by molar-refractivity contribution is 0.0598. The van der Waals surface area contributed by atoms with E-state index in [9.17, 15) is 4.79 Å². The second kappa shape index (κ2) is 4.59. The molecule has 0 unspecified atom stereocenters. The van der Waals surface area contributed by atoms with E-state index in [0.29, 0.717) is 17.2 Å². The summed E-state index contributed by atoms with van der Waals surface area (Å²) in [4.78, 5) is 11.9. The van der Waals surface area contributed by atoms with Gasteiger partial charge in [0.2, 0.25) is 0 Å². The van der Waals surface area contributed by atoms with E-state index in [0.717, 1.165) is 43.4 Å². The van der Waals surface area contributed by atoms with Crippen molar-refractivity contribution in [3.05, 3.63) is 23.1 Å². The smallest absolute Gasteiger partial charge is 0.343 e. The van der Waals surface area contributed by atoms with Crippen LogP contribution in [0.25, 0.3) is 5.57 Å². The molecular formula is C14H17NO3. The summed E-state index contributed by atoms with van der Waals surface area (Å²) in [6.45, 7) is 0. The Balaban J connectivity index is 2.02. The van der Waals surface area contributed by atoms with Crippen molar-refractivity contribution in [3.63, 3.8) is 0 Å². The van der Waals surface area contributed by atoms with Crippen molar-refractivity contribution in [1.29, 1.82) is 0 Å². The predicted octanol–water partition coefficient (Wildman–Crippen LogP) is 3.30. The summed E-state index contributed by atoms with van der Waals surface area (Å²) in [5, 5.41) is 4.11. The van der Waals surface area contributed by atoms with Gasteiger partial charge in [0.15, 0.2) is 5.76 Å². The molecule has 0 spiro atoms. The zero-order chi connectivity index (χ0) is 12.5. The third-order valence-corrected chi connectivity index (χ3v) is 3.65. The topological polar surface area (TPSA) is 52.3 Å². The number of hydrogen-bond donors (Lipinski definition) is 0. The van der Waals surface area contributed by atoms with Gasteiger partial charge in [0.25, 0.3) is 0 Å². The van der Waals surface area contributed by atoms with Crippen molar-refractivity contribution in [2.24, 2.45) is 0 Å². The SMILES string of the molecule is COC(=O)c1c(C2CC2)noc1C1=CCCCC1. The molecule has 96 valence electrons. The molecule has 3 rings (SSSR count). The quantitative estimate of drug-likeness (QED) is 0.769. The summed E-state index contributed by atoms with van der Waals surface area (Å²) in [7, 11) is 1.41. The van der Waals surface area contributed by atoms with Gasteiger partial charge in [-0.05, 0) is 44.1 Å². The number of nitrogens with zero attached hydrogens (tertiary/aromatic N) is 1. The normalized spacial score (nSPS) is 19.5. The highest BCUT2D eigenvalue weighted by Crippen LogP contribution is 2.43. The van der Waals surface area contributed by atoms with Crippen LogP contribution in [-0.4, -0.2) is 18.2 Å². The molecule has 1 aromatic heterocycles. The summed E-state index contributed by atoms with van der Waals surface area (Å²) in [6, 6.07) is 0. The molecule has 0 N–H and O–H groups in total. The van der Waals surface area contributed by atoms with Crippen molar-refractivity contribution in [2.75, 3.05) is 7.11 Å². The molecule has 2 aliphatic carbocycles. The summed E-state index contributed by atoms with van der Waals surface area (Å²) < 4.78 is 10.3.